The van der Waals surface area contributed by atoms with Crippen molar-refractivity contribution in [2.45, 2.75) is 38.6 Å². The van der Waals surface area contributed by atoms with Crippen LogP contribution in [0.1, 0.15) is 38.3 Å². The van der Waals surface area contributed by atoms with Gasteiger partial charge in [0.25, 0.3) is 5.91 Å². The van der Waals surface area contributed by atoms with Crippen molar-refractivity contribution in [2.24, 2.45) is 0 Å². The molecule has 134 valence electrons. The maximum atomic E-state index is 12.7. The summed E-state index contributed by atoms with van der Waals surface area (Å²) < 4.78 is 23.8. The van der Waals surface area contributed by atoms with Crippen LogP contribution in [0.25, 0.3) is 6.08 Å². The third-order valence-electron chi connectivity index (χ3n) is 4.47. The van der Waals surface area contributed by atoms with Crippen LogP contribution >= 0.6 is 24.0 Å². The van der Waals surface area contributed by atoms with Gasteiger partial charge in [0.2, 0.25) is 0 Å². The zero-order valence-corrected chi connectivity index (χ0v) is 16.9. The third-order valence-corrected chi connectivity index (χ3v) is 7.55. The van der Waals surface area contributed by atoms with Gasteiger partial charge in [-0.1, -0.05) is 69.0 Å². The van der Waals surface area contributed by atoms with E-state index < -0.39 is 9.84 Å². The molecule has 4 nitrogen and oxygen atoms in total. The molecule has 0 saturated carbocycles. The minimum Gasteiger partial charge on any atom is -0.289 e. The monoisotopic (exact) mass is 395 g/mol. The van der Waals surface area contributed by atoms with E-state index in [4.69, 9.17) is 12.2 Å². The van der Waals surface area contributed by atoms with Crippen LogP contribution in [0.5, 0.6) is 0 Å². The zero-order chi connectivity index (χ0) is 18.4. The van der Waals surface area contributed by atoms with Crippen molar-refractivity contribution in [1.82, 2.24) is 4.90 Å². The van der Waals surface area contributed by atoms with Crippen LogP contribution < -0.4 is 0 Å². The van der Waals surface area contributed by atoms with Crippen LogP contribution in [-0.2, 0) is 20.0 Å². The highest BCUT2D eigenvalue weighted by atomic mass is 32.2. The predicted molar refractivity (Wildman–Crippen MR) is 107 cm³/mol. The summed E-state index contributed by atoms with van der Waals surface area (Å²) in [4.78, 5) is 14.7. The number of carbonyl (C=O) groups excluding carboxylic acids is 1. The molecule has 1 aromatic rings. The van der Waals surface area contributed by atoms with Crippen LogP contribution in [0.2, 0.25) is 0 Å². The second kappa shape index (κ2) is 6.52. The van der Waals surface area contributed by atoms with Gasteiger partial charge in [-0.3, -0.25) is 9.69 Å². The smallest absolute Gasteiger partial charge is 0.266 e. The Labute approximate surface area is 158 Å². The maximum absolute atomic E-state index is 12.7. The van der Waals surface area contributed by atoms with Gasteiger partial charge in [-0.05, 0) is 29.0 Å². The number of amides is 1. The summed E-state index contributed by atoms with van der Waals surface area (Å²) in [5.41, 5.74) is 2.25. The minimum atomic E-state index is -3.06. The maximum Gasteiger partial charge on any atom is 0.266 e. The van der Waals surface area contributed by atoms with Crippen LogP contribution in [0.4, 0.5) is 0 Å². The molecule has 7 heteroatoms. The number of rotatable bonds is 2. The van der Waals surface area contributed by atoms with Crippen LogP contribution in [0, 0.1) is 0 Å². The van der Waals surface area contributed by atoms with Crippen LogP contribution in [0.15, 0.2) is 29.2 Å². The highest BCUT2D eigenvalue weighted by molar-refractivity contribution is 8.26. The summed E-state index contributed by atoms with van der Waals surface area (Å²) >= 11 is 6.57. The molecule has 2 aliphatic heterocycles. The molecule has 0 aliphatic carbocycles. The minimum absolute atomic E-state index is 0.00694. The Morgan fingerprint density at radius 1 is 1.24 bits per heavy atom. The van der Waals surface area contributed by atoms with E-state index in [-0.39, 0.29) is 28.9 Å². The first kappa shape index (κ1) is 18.6. The lowest BCUT2D eigenvalue weighted by molar-refractivity contribution is -0.123. The normalized spacial score (nSPS) is 25.2. The standard InChI is InChI=1S/C18H21NO3S3/c1-18(2,3)13-6-4-12(5-7-13)10-15-16(20)19(17(23)24-15)14-8-9-25(21,22)11-14/h4-7,10,14H,8-9,11H2,1-3H3. The topological polar surface area (TPSA) is 54.5 Å². The molecule has 0 spiro atoms. The fraction of sp³-hybridized carbons (Fsp3) is 0.444. The largest absolute Gasteiger partial charge is 0.289 e. The van der Waals surface area contributed by atoms with E-state index in [0.29, 0.717) is 15.6 Å². The molecule has 1 atom stereocenters. The van der Waals surface area contributed by atoms with Gasteiger partial charge < -0.3 is 0 Å². The molecule has 0 N–H and O–H groups in total. The van der Waals surface area contributed by atoms with E-state index in [9.17, 15) is 13.2 Å². The molecule has 1 unspecified atom stereocenters. The molecular weight excluding hydrogens is 374 g/mol. The number of thiocarbonyl (C=S) groups is 1. The Morgan fingerprint density at radius 2 is 1.88 bits per heavy atom. The van der Waals surface area contributed by atoms with Gasteiger partial charge in [0, 0.05) is 0 Å². The Hall–Kier alpha value is -1.18. The molecule has 1 aromatic carbocycles. The number of nitrogens with zero attached hydrogens (tertiary/aromatic N) is 1. The number of thioether (sulfide) groups is 1. The van der Waals surface area contributed by atoms with Crippen molar-refractivity contribution in [3.63, 3.8) is 0 Å². The van der Waals surface area contributed by atoms with Gasteiger partial charge in [-0.15, -0.1) is 0 Å². The van der Waals surface area contributed by atoms with Crippen molar-refractivity contribution in [3.8, 4) is 0 Å². The number of hydrogen-bond acceptors (Lipinski definition) is 5. The molecule has 0 bridgehead atoms. The second-order valence-corrected chi connectivity index (χ2v) is 11.4. The number of benzene rings is 1. The second-order valence-electron chi connectivity index (χ2n) is 7.48. The van der Waals surface area contributed by atoms with E-state index in [0.717, 1.165) is 5.56 Å². The molecule has 2 aliphatic rings. The van der Waals surface area contributed by atoms with E-state index in [1.807, 2.05) is 18.2 Å². The fourth-order valence-electron chi connectivity index (χ4n) is 3.00. The van der Waals surface area contributed by atoms with Gasteiger partial charge in [0.05, 0.1) is 22.5 Å². The summed E-state index contributed by atoms with van der Waals surface area (Å²) in [5, 5.41) is 0. The number of hydrogen-bond donors (Lipinski definition) is 0. The van der Waals surface area contributed by atoms with E-state index >= 15 is 0 Å². The van der Waals surface area contributed by atoms with Crippen molar-refractivity contribution >= 4 is 50.1 Å². The molecule has 2 fully saturated rings. The van der Waals surface area contributed by atoms with E-state index in [1.54, 1.807) is 0 Å². The zero-order valence-electron chi connectivity index (χ0n) is 14.5. The summed E-state index contributed by atoms with van der Waals surface area (Å²) in [5.74, 6) is -0.0494. The number of sulfone groups is 1. The van der Waals surface area contributed by atoms with Crippen LogP contribution in [0.3, 0.4) is 0 Å². The quantitative estimate of drug-likeness (QED) is 0.568. The SMILES string of the molecule is CC(C)(C)c1ccc(C=C2SC(=S)N(C3CCS(=O)(=O)C3)C2=O)cc1. The average Bonchev–Trinajstić information content (AvgIpc) is 2.98. The molecule has 0 aromatic heterocycles. The van der Waals surface area contributed by atoms with E-state index in [2.05, 4.69) is 32.9 Å². The first-order chi connectivity index (χ1) is 11.6. The lowest BCUT2D eigenvalue weighted by Crippen LogP contribution is -2.39. The van der Waals surface area contributed by atoms with Crippen molar-refractivity contribution in [3.05, 3.63) is 40.3 Å². The van der Waals surface area contributed by atoms with E-state index in [1.165, 1.54) is 22.2 Å². The lowest BCUT2D eigenvalue weighted by Gasteiger charge is -2.21. The van der Waals surface area contributed by atoms with Gasteiger partial charge in [-0.25, -0.2) is 8.42 Å². The van der Waals surface area contributed by atoms with Gasteiger partial charge in [-0.2, -0.15) is 0 Å². The predicted octanol–water partition coefficient (Wildman–Crippen LogP) is 3.37. The Bertz CT molecular complexity index is 849. The Kier molecular flexibility index (Phi) is 4.85. The summed E-state index contributed by atoms with van der Waals surface area (Å²) in [7, 11) is -3.06. The Balaban J connectivity index is 1.81. The lowest BCUT2D eigenvalue weighted by atomic mass is 9.87. The fourth-order valence-corrected chi connectivity index (χ4v) is 6.10. The molecule has 2 heterocycles. The first-order valence-electron chi connectivity index (χ1n) is 8.15. The summed E-state index contributed by atoms with van der Waals surface area (Å²) in [6, 6.07) is 7.79. The van der Waals surface area contributed by atoms with Crippen molar-refractivity contribution in [2.75, 3.05) is 11.5 Å². The van der Waals surface area contributed by atoms with Gasteiger partial charge in [0.15, 0.2) is 9.84 Å². The molecule has 2 saturated heterocycles. The third kappa shape index (κ3) is 3.99. The highest BCUT2D eigenvalue weighted by Crippen LogP contribution is 2.36. The average molecular weight is 396 g/mol. The molecule has 1 amide bonds. The molecule has 0 radical (unpaired) electrons. The first-order valence-corrected chi connectivity index (χ1v) is 11.2. The van der Waals surface area contributed by atoms with Crippen molar-refractivity contribution < 1.29 is 13.2 Å². The number of carbonyl (C=O) groups is 1. The van der Waals surface area contributed by atoms with Gasteiger partial charge in [0.1, 0.15) is 4.32 Å². The molecule has 25 heavy (non-hydrogen) atoms. The van der Waals surface area contributed by atoms with Crippen LogP contribution in [-0.4, -0.2) is 41.1 Å². The molecular formula is C18H21NO3S3. The highest BCUT2D eigenvalue weighted by Gasteiger charge is 2.42. The molecule has 3 rings (SSSR count). The summed E-state index contributed by atoms with van der Waals surface area (Å²) in [6.45, 7) is 6.47. The van der Waals surface area contributed by atoms with Gasteiger partial charge >= 0.3 is 0 Å². The Morgan fingerprint density at radius 3 is 2.40 bits per heavy atom. The van der Waals surface area contributed by atoms with Crippen molar-refractivity contribution in [1.29, 1.82) is 0 Å². The summed E-state index contributed by atoms with van der Waals surface area (Å²) in [6.07, 6.45) is 2.29.